The van der Waals surface area contributed by atoms with Gasteiger partial charge in [-0.3, -0.25) is 9.69 Å². The van der Waals surface area contributed by atoms with Crippen molar-refractivity contribution >= 4 is 11.9 Å². The minimum absolute atomic E-state index is 0.104. The van der Waals surface area contributed by atoms with E-state index in [9.17, 15) is 15.0 Å². The van der Waals surface area contributed by atoms with Crippen LogP contribution in [0.1, 0.15) is 40.7 Å². The monoisotopic (exact) mass is 337 g/mol. The topological polar surface area (TPSA) is 60.8 Å². The van der Waals surface area contributed by atoms with E-state index in [0.29, 0.717) is 12.1 Å². The molecule has 2 N–H and O–H groups in total. The van der Waals surface area contributed by atoms with E-state index < -0.39 is 0 Å². The number of ketones is 1. The SMILES string of the molecule is O=C(/C=C/c1ccc(O)cc1)c1ccc(O)c(CN2CCCCC2)c1. The Morgan fingerprint density at radius 3 is 2.44 bits per heavy atom. The summed E-state index contributed by atoms with van der Waals surface area (Å²) in [7, 11) is 0. The van der Waals surface area contributed by atoms with Crippen LogP contribution in [0.15, 0.2) is 48.5 Å². The minimum Gasteiger partial charge on any atom is -0.508 e. The molecule has 0 radical (unpaired) electrons. The highest BCUT2D eigenvalue weighted by atomic mass is 16.3. The smallest absolute Gasteiger partial charge is 0.185 e. The van der Waals surface area contributed by atoms with Gasteiger partial charge in [0.1, 0.15) is 11.5 Å². The van der Waals surface area contributed by atoms with Crippen molar-refractivity contribution in [3.05, 3.63) is 65.2 Å². The highest BCUT2D eigenvalue weighted by molar-refractivity contribution is 6.07. The van der Waals surface area contributed by atoms with Gasteiger partial charge in [-0.15, -0.1) is 0 Å². The maximum absolute atomic E-state index is 12.4. The molecule has 0 amide bonds. The maximum atomic E-state index is 12.4. The summed E-state index contributed by atoms with van der Waals surface area (Å²) in [6, 6.07) is 11.7. The van der Waals surface area contributed by atoms with Gasteiger partial charge in [0.2, 0.25) is 0 Å². The average molecular weight is 337 g/mol. The Hall–Kier alpha value is -2.59. The summed E-state index contributed by atoms with van der Waals surface area (Å²) in [6.07, 6.45) is 6.88. The van der Waals surface area contributed by atoms with Crippen LogP contribution in [0.5, 0.6) is 11.5 Å². The van der Waals surface area contributed by atoms with Crippen LogP contribution in [-0.2, 0) is 6.54 Å². The molecular weight excluding hydrogens is 314 g/mol. The Balaban J connectivity index is 1.71. The molecule has 0 atom stereocenters. The summed E-state index contributed by atoms with van der Waals surface area (Å²) in [5.74, 6) is 0.335. The molecule has 1 aliphatic rings. The summed E-state index contributed by atoms with van der Waals surface area (Å²) < 4.78 is 0. The highest BCUT2D eigenvalue weighted by Gasteiger charge is 2.14. The van der Waals surface area contributed by atoms with E-state index in [2.05, 4.69) is 4.90 Å². The minimum atomic E-state index is -0.104. The molecule has 130 valence electrons. The van der Waals surface area contributed by atoms with Gasteiger partial charge in [0.25, 0.3) is 0 Å². The quantitative estimate of drug-likeness (QED) is 0.640. The van der Waals surface area contributed by atoms with E-state index in [1.165, 1.54) is 25.3 Å². The van der Waals surface area contributed by atoms with Gasteiger partial charge in [-0.1, -0.05) is 24.6 Å². The van der Waals surface area contributed by atoms with Gasteiger partial charge in [-0.2, -0.15) is 0 Å². The fourth-order valence-electron chi connectivity index (χ4n) is 3.08. The molecular formula is C21H23NO3. The third-order valence-electron chi connectivity index (χ3n) is 4.53. The first-order chi connectivity index (χ1) is 12.1. The predicted octanol–water partition coefficient (Wildman–Crippen LogP) is 3.98. The molecule has 4 nitrogen and oxygen atoms in total. The maximum Gasteiger partial charge on any atom is 0.185 e. The van der Waals surface area contributed by atoms with E-state index in [1.807, 2.05) is 0 Å². The molecule has 25 heavy (non-hydrogen) atoms. The first kappa shape index (κ1) is 17.2. The third-order valence-corrected chi connectivity index (χ3v) is 4.53. The van der Waals surface area contributed by atoms with Gasteiger partial charge in [-0.05, 0) is 67.9 Å². The van der Waals surface area contributed by atoms with Crippen LogP contribution in [0.25, 0.3) is 6.08 Å². The highest BCUT2D eigenvalue weighted by Crippen LogP contribution is 2.23. The molecule has 0 spiro atoms. The number of hydrogen-bond acceptors (Lipinski definition) is 4. The Bertz CT molecular complexity index is 759. The zero-order valence-corrected chi connectivity index (χ0v) is 14.2. The van der Waals surface area contributed by atoms with Crippen molar-refractivity contribution in [2.75, 3.05) is 13.1 Å². The second-order valence-electron chi connectivity index (χ2n) is 6.47. The Labute approximate surface area is 148 Å². The number of piperidine rings is 1. The number of hydrogen-bond donors (Lipinski definition) is 2. The molecule has 0 unspecified atom stereocenters. The van der Waals surface area contributed by atoms with Crippen LogP contribution in [-0.4, -0.2) is 34.0 Å². The molecule has 2 aromatic carbocycles. The van der Waals surface area contributed by atoms with Crippen molar-refractivity contribution in [3.8, 4) is 11.5 Å². The molecule has 0 saturated carbocycles. The van der Waals surface area contributed by atoms with Gasteiger partial charge < -0.3 is 10.2 Å². The van der Waals surface area contributed by atoms with E-state index in [1.54, 1.807) is 48.5 Å². The van der Waals surface area contributed by atoms with E-state index in [0.717, 1.165) is 24.2 Å². The number of rotatable bonds is 5. The lowest BCUT2D eigenvalue weighted by Gasteiger charge is -2.26. The van der Waals surface area contributed by atoms with Crippen molar-refractivity contribution in [2.24, 2.45) is 0 Å². The van der Waals surface area contributed by atoms with E-state index >= 15 is 0 Å². The normalized spacial score (nSPS) is 15.5. The Kier molecular flexibility index (Phi) is 5.51. The second-order valence-corrected chi connectivity index (χ2v) is 6.47. The van der Waals surface area contributed by atoms with Crippen LogP contribution < -0.4 is 0 Å². The third kappa shape index (κ3) is 4.70. The molecule has 4 heteroatoms. The number of allylic oxidation sites excluding steroid dienone is 1. The lowest BCUT2D eigenvalue weighted by Crippen LogP contribution is -2.29. The number of phenolic OH excluding ortho intramolecular Hbond substituents is 2. The van der Waals surface area contributed by atoms with Gasteiger partial charge in [0.05, 0.1) is 0 Å². The van der Waals surface area contributed by atoms with Crippen molar-refractivity contribution in [1.82, 2.24) is 4.90 Å². The lowest BCUT2D eigenvalue weighted by molar-refractivity contribution is 0.104. The molecule has 1 aliphatic heterocycles. The first-order valence-corrected chi connectivity index (χ1v) is 8.67. The molecule has 1 fully saturated rings. The molecule has 0 bridgehead atoms. The number of phenols is 2. The average Bonchev–Trinajstić information content (AvgIpc) is 2.64. The van der Waals surface area contributed by atoms with Gasteiger partial charge >= 0.3 is 0 Å². The first-order valence-electron chi connectivity index (χ1n) is 8.67. The van der Waals surface area contributed by atoms with Gasteiger partial charge in [0, 0.05) is 17.7 Å². The van der Waals surface area contributed by atoms with Gasteiger partial charge in [-0.25, -0.2) is 0 Å². The number of nitrogens with zero attached hydrogens (tertiary/aromatic N) is 1. The van der Waals surface area contributed by atoms with Gasteiger partial charge in [0.15, 0.2) is 5.78 Å². The molecule has 3 rings (SSSR count). The summed E-state index contributed by atoms with van der Waals surface area (Å²) in [5.41, 5.74) is 2.21. The summed E-state index contributed by atoms with van der Waals surface area (Å²) in [4.78, 5) is 14.7. The number of aromatic hydroxyl groups is 2. The van der Waals surface area contributed by atoms with Crippen molar-refractivity contribution in [2.45, 2.75) is 25.8 Å². The summed E-state index contributed by atoms with van der Waals surface area (Å²) >= 11 is 0. The van der Waals surface area contributed by atoms with E-state index in [4.69, 9.17) is 0 Å². The zero-order chi connectivity index (χ0) is 17.6. The standard InChI is InChI=1S/C21H23NO3/c23-19-8-4-16(5-9-19)6-10-20(24)17-7-11-21(25)18(14-17)15-22-12-2-1-3-13-22/h4-11,14,23,25H,1-3,12-13,15H2/b10-6+. The molecule has 1 saturated heterocycles. The lowest BCUT2D eigenvalue weighted by atomic mass is 10.0. The van der Waals surface area contributed by atoms with Crippen molar-refractivity contribution < 1.29 is 15.0 Å². The van der Waals surface area contributed by atoms with Crippen molar-refractivity contribution in [1.29, 1.82) is 0 Å². The molecule has 0 aromatic heterocycles. The Morgan fingerprint density at radius 1 is 1.00 bits per heavy atom. The number of carbonyl (C=O) groups excluding carboxylic acids is 1. The van der Waals surface area contributed by atoms with Crippen LogP contribution in [0, 0.1) is 0 Å². The summed E-state index contributed by atoms with van der Waals surface area (Å²) in [6.45, 7) is 2.76. The summed E-state index contributed by atoms with van der Waals surface area (Å²) in [5, 5.41) is 19.4. The second kappa shape index (κ2) is 7.99. The van der Waals surface area contributed by atoms with Crippen molar-refractivity contribution in [3.63, 3.8) is 0 Å². The number of likely N-dealkylation sites (tertiary alicyclic amines) is 1. The molecule has 0 aliphatic carbocycles. The fraction of sp³-hybridized carbons (Fsp3) is 0.286. The molecule has 1 heterocycles. The number of carbonyl (C=O) groups is 1. The van der Waals surface area contributed by atoms with Crippen LogP contribution in [0.4, 0.5) is 0 Å². The number of benzene rings is 2. The van der Waals surface area contributed by atoms with Crippen LogP contribution in [0.2, 0.25) is 0 Å². The Morgan fingerprint density at radius 2 is 1.72 bits per heavy atom. The largest absolute Gasteiger partial charge is 0.508 e. The molecule has 2 aromatic rings. The zero-order valence-electron chi connectivity index (χ0n) is 14.2. The van der Waals surface area contributed by atoms with Crippen LogP contribution >= 0.6 is 0 Å². The fourth-order valence-corrected chi connectivity index (χ4v) is 3.08. The predicted molar refractivity (Wildman–Crippen MR) is 98.7 cm³/mol. The van der Waals surface area contributed by atoms with E-state index in [-0.39, 0.29) is 17.3 Å². The van der Waals surface area contributed by atoms with Crippen LogP contribution in [0.3, 0.4) is 0 Å².